The second-order valence-corrected chi connectivity index (χ2v) is 2.88. The Kier molecular flexibility index (Phi) is 2.68. The van der Waals surface area contributed by atoms with Crippen molar-refractivity contribution in [2.45, 2.75) is 6.59 Å². The van der Waals surface area contributed by atoms with Crippen LogP contribution in [0.25, 0.3) is 0 Å². The van der Waals surface area contributed by atoms with Gasteiger partial charge >= 0.3 is 6.59 Å². The topological polar surface area (TPSA) is 9.23 Å². The second-order valence-electron chi connectivity index (χ2n) is 2.02. The van der Waals surface area contributed by atoms with Crippen molar-refractivity contribution in [1.82, 2.24) is 0 Å². The highest BCUT2D eigenvalue weighted by Gasteiger charge is 2.12. The molecular weight excluding hydrogens is 256 g/mol. The van der Waals surface area contributed by atoms with Gasteiger partial charge in [0.15, 0.2) is 12.9 Å². The molecule has 0 bridgehead atoms. The molecule has 0 aliphatic heterocycles. The zero-order chi connectivity index (χ0) is 10.9. The molecule has 0 atom stereocenters. The number of benzene rings is 1. The molecule has 0 amide bonds. The van der Waals surface area contributed by atoms with E-state index in [9.17, 15) is 17.6 Å². The average Bonchev–Trinajstić information content (AvgIpc) is 1.97. The highest BCUT2D eigenvalue weighted by molar-refractivity contribution is 9.10. The quantitative estimate of drug-likeness (QED) is 0.585. The maximum Gasteiger partial charge on any atom is 0.387 e. The first-order chi connectivity index (χ1) is 6.29. The van der Waals surface area contributed by atoms with Gasteiger partial charge in [-0.05, 0) is 22.0 Å². The SMILES string of the molecule is [2H]C(F)(F)Oc1cc(F)c(Br)cc1F. The maximum atomic E-state index is 12.8. The van der Waals surface area contributed by atoms with E-state index in [2.05, 4.69) is 20.7 Å². The van der Waals surface area contributed by atoms with Gasteiger partial charge in [-0.25, -0.2) is 8.78 Å². The first-order valence-electron chi connectivity index (χ1n) is 3.51. The van der Waals surface area contributed by atoms with E-state index in [0.717, 1.165) is 0 Å². The van der Waals surface area contributed by atoms with E-state index in [1.165, 1.54) is 0 Å². The third-order valence-electron chi connectivity index (χ3n) is 1.16. The summed E-state index contributed by atoms with van der Waals surface area (Å²) in [5.74, 6) is -3.14. The first-order valence-corrected chi connectivity index (χ1v) is 3.80. The first kappa shape index (κ1) is 8.80. The summed E-state index contributed by atoms with van der Waals surface area (Å²) in [4.78, 5) is 0. The smallest absolute Gasteiger partial charge is 0.387 e. The van der Waals surface area contributed by atoms with E-state index in [-0.39, 0.29) is 4.47 Å². The number of rotatable bonds is 2. The fourth-order valence-electron chi connectivity index (χ4n) is 0.666. The van der Waals surface area contributed by atoms with Crippen molar-refractivity contribution in [2.24, 2.45) is 0 Å². The van der Waals surface area contributed by atoms with E-state index < -0.39 is 24.0 Å². The molecule has 0 heterocycles. The second kappa shape index (κ2) is 3.95. The normalized spacial score (nSPS) is 12.5. The molecule has 13 heavy (non-hydrogen) atoms. The lowest BCUT2D eigenvalue weighted by Gasteiger charge is -2.05. The van der Waals surface area contributed by atoms with Crippen LogP contribution in [0.15, 0.2) is 16.6 Å². The van der Waals surface area contributed by atoms with Crippen molar-refractivity contribution in [3.05, 3.63) is 28.2 Å². The van der Waals surface area contributed by atoms with E-state index >= 15 is 0 Å². The van der Waals surface area contributed by atoms with Crippen molar-refractivity contribution in [1.29, 1.82) is 0 Å². The molecule has 0 fully saturated rings. The molecule has 1 nitrogen and oxygen atoms in total. The van der Waals surface area contributed by atoms with Crippen LogP contribution in [-0.2, 0) is 0 Å². The van der Waals surface area contributed by atoms with Crippen molar-refractivity contribution in [3.8, 4) is 5.75 Å². The summed E-state index contributed by atoms with van der Waals surface area (Å²) < 4.78 is 58.9. The van der Waals surface area contributed by atoms with Crippen LogP contribution in [0.5, 0.6) is 5.75 Å². The van der Waals surface area contributed by atoms with Gasteiger partial charge in [0.05, 0.1) is 4.47 Å². The summed E-state index contributed by atoms with van der Waals surface area (Å²) in [6.45, 7) is -4.29. The Balaban J connectivity index is 3.04. The van der Waals surface area contributed by atoms with E-state index in [4.69, 9.17) is 1.37 Å². The van der Waals surface area contributed by atoms with E-state index in [1.54, 1.807) is 0 Å². The highest BCUT2D eigenvalue weighted by atomic mass is 79.9. The van der Waals surface area contributed by atoms with Gasteiger partial charge in [0.1, 0.15) is 5.82 Å². The number of hydrogen-bond donors (Lipinski definition) is 0. The van der Waals surface area contributed by atoms with Gasteiger partial charge in [0.2, 0.25) is 0 Å². The van der Waals surface area contributed by atoms with Gasteiger partial charge in [0, 0.05) is 6.07 Å². The summed E-state index contributed by atoms with van der Waals surface area (Å²) in [6.07, 6.45) is 0. The van der Waals surface area contributed by atoms with E-state index in [1.807, 2.05) is 0 Å². The van der Waals surface area contributed by atoms with Crippen LogP contribution in [0.3, 0.4) is 0 Å². The van der Waals surface area contributed by atoms with Crippen LogP contribution in [0.1, 0.15) is 1.37 Å². The number of hydrogen-bond acceptors (Lipinski definition) is 1. The molecule has 0 saturated carbocycles. The molecule has 0 aliphatic rings. The molecule has 0 aliphatic carbocycles. The molecule has 0 spiro atoms. The molecular formula is C7H3BrF4O. The van der Waals surface area contributed by atoms with Gasteiger partial charge in [-0.15, -0.1) is 0 Å². The summed E-state index contributed by atoms with van der Waals surface area (Å²) >= 11 is 2.65. The molecule has 0 unspecified atom stereocenters. The molecule has 1 aromatic rings. The molecule has 1 rings (SSSR count). The number of ether oxygens (including phenoxy) is 1. The Morgan fingerprint density at radius 2 is 1.92 bits per heavy atom. The van der Waals surface area contributed by atoms with Crippen molar-refractivity contribution in [2.75, 3.05) is 0 Å². The fourth-order valence-corrected chi connectivity index (χ4v) is 0.981. The van der Waals surface area contributed by atoms with Crippen LogP contribution in [0, 0.1) is 11.6 Å². The Hall–Kier alpha value is -0.780. The zero-order valence-corrected chi connectivity index (χ0v) is 7.54. The maximum absolute atomic E-state index is 12.8. The molecule has 0 aromatic heterocycles. The predicted octanol–water partition coefficient (Wildman–Crippen LogP) is 3.33. The monoisotopic (exact) mass is 259 g/mol. The summed E-state index contributed by atoms with van der Waals surface area (Å²) in [5.41, 5.74) is 0. The molecule has 0 radical (unpaired) electrons. The van der Waals surface area contributed by atoms with Crippen molar-refractivity contribution >= 4 is 15.9 Å². The molecule has 72 valence electrons. The van der Waals surface area contributed by atoms with Crippen LogP contribution >= 0.6 is 15.9 Å². The Labute approximate surface area is 80.8 Å². The predicted molar refractivity (Wildman–Crippen MR) is 40.7 cm³/mol. The van der Waals surface area contributed by atoms with Gasteiger partial charge in [-0.3, -0.25) is 0 Å². The summed E-state index contributed by atoms with van der Waals surface area (Å²) in [6, 6.07) is 1.07. The van der Waals surface area contributed by atoms with E-state index in [0.29, 0.717) is 12.1 Å². The lowest BCUT2D eigenvalue weighted by molar-refractivity contribution is -0.0523. The largest absolute Gasteiger partial charge is 0.432 e. The van der Waals surface area contributed by atoms with Gasteiger partial charge in [0.25, 0.3) is 0 Å². The van der Waals surface area contributed by atoms with Crippen LogP contribution in [-0.4, -0.2) is 6.59 Å². The highest BCUT2D eigenvalue weighted by Crippen LogP contribution is 2.26. The summed E-state index contributed by atoms with van der Waals surface area (Å²) in [7, 11) is 0. The molecule has 6 heteroatoms. The van der Waals surface area contributed by atoms with Crippen LogP contribution in [0.4, 0.5) is 17.6 Å². The number of halogens is 5. The van der Waals surface area contributed by atoms with Crippen LogP contribution < -0.4 is 4.74 Å². The van der Waals surface area contributed by atoms with Gasteiger partial charge in [-0.2, -0.15) is 8.78 Å². The van der Waals surface area contributed by atoms with Crippen molar-refractivity contribution in [3.63, 3.8) is 0 Å². The van der Waals surface area contributed by atoms with Crippen LogP contribution in [0.2, 0.25) is 0 Å². The molecule has 0 saturated heterocycles. The third kappa shape index (κ3) is 2.58. The minimum Gasteiger partial charge on any atom is -0.432 e. The molecule has 0 N–H and O–H groups in total. The number of alkyl halides is 2. The zero-order valence-electron chi connectivity index (χ0n) is 6.95. The average molecular weight is 260 g/mol. The lowest BCUT2D eigenvalue weighted by Crippen LogP contribution is -2.04. The Morgan fingerprint density at radius 3 is 2.46 bits per heavy atom. The van der Waals surface area contributed by atoms with Gasteiger partial charge < -0.3 is 4.74 Å². The summed E-state index contributed by atoms with van der Waals surface area (Å²) in [5, 5.41) is 0. The lowest BCUT2D eigenvalue weighted by atomic mass is 10.3. The van der Waals surface area contributed by atoms with Crippen molar-refractivity contribution < 1.29 is 23.7 Å². The Bertz CT molecular complexity index is 352. The third-order valence-corrected chi connectivity index (χ3v) is 1.77. The fraction of sp³-hybridized carbons (Fsp3) is 0.143. The minimum atomic E-state index is -4.29. The Morgan fingerprint density at radius 1 is 1.31 bits per heavy atom. The minimum absolute atomic E-state index is 0.212. The standard InChI is InChI=1S/C7H3BrF4O/c8-3-1-5(10)6(2-4(3)9)13-7(11)12/h1-2,7H/i7D. The van der Waals surface area contributed by atoms with Gasteiger partial charge in [-0.1, -0.05) is 0 Å². The molecule has 1 aromatic carbocycles.